The number of carbonyl (C=O) groups is 1. The van der Waals surface area contributed by atoms with Gasteiger partial charge in [0.1, 0.15) is 0 Å². The summed E-state index contributed by atoms with van der Waals surface area (Å²) in [6, 6.07) is 8.44. The molecule has 1 aliphatic rings. The van der Waals surface area contributed by atoms with Crippen LogP contribution in [0, 0.1) is 0 Å². The lowest BCUT2D eigenvalue weighted by Gasteiger charge is -2.37. The lowest BCUT2D eigenvalue weighted by atomic mass is 9.85. The normalized spacial score (nSPS) is 16.9. The topological polar surface area (TPSA) is 23.6 Å². The van der Waals surface area contributed by atoms with Crippen molar-refractivity contribution >= 4 is 11.6 Å². The summed E-state index contributed by atoms with van der Waals surface area (Å²) in [7, 11) is 0. The van der Waals surface area contributed by atoms with Crippen molar-refractivity contribution in [2.75, 3.05) is 31.1 Å². The summed E-state index contributed by atoms with van der Waals surface area (Å²) >= 11 is 0. The van der Waals surface area contributed by atoms with Crippen molar-refractivity contribution in [1.29, 1.82) is 0 Å². The van der Waals surface area contributed by atoms with Crippen LogP contribution in [0.2, 0.25) is 0 Å². The minimum absolute atomic E-state index is 0.0987. The summed E-state index contributed by atoms with van der Waals surface area (Å²) in [5, 5.41) is 0. The van der Waals surface area contributed by atoms with Crippen LogP contribution in [0.5, 0.6) is 0 Å². The van der Waals surface area contributed by atoms with Crippen LogP contribution in [0.15, 0.2) is 24.3 Å². The van der Waals surface area contributed by atoms with E-state index in [9.17, 15) is 4.79 Å². The predicted molar refractivity (Wildman–Crippen MR) is 79.6 cm³/mol. The highest BCUT2D eigenvalue weighted by Crippen LogP contribution is 2.32. The number of rotatable bonds is 2. The minimum atomic E-state index is 0.0987. The number of para-hydroxylation sites is 1. The van der Waals surface area contributed by atoms with Crippen molar-refractivity contribution in [2.45, 2.75) is 33.1 Å². The summed E-state index contributed by atoms with van der Waals surface area (Å²) in [6.45, 7) is 11.8. The van der Waals surface area contributed by atoms with Gasteiger partial charge in [0.25, 0.3) is 0 Å². The largest absolute Gasteiger partial charge is 0.360 e. The van der Waals surface area contributed by atoms with Gasteiger partial charge in [-0.1, -0.05) is 39.0 Å². The van der Waals surface area contributed by atoms with Gasteiger partial charge in [0, 0.05) is 25.3 Å². The quantitative estimate of drug-likeness (QED) is 0.816. The van der Waals surface area contributed by atoms with Crippen LogP contribution >= 0.6 is 0 Å². The minimum Gasteiger partial charge on any atom is -0.360 e. The molecule has 104 valence electrons. The molecule has 3 heteroatoms. The lowest BCUT2D eigenvalue weighted by Crippen LogP contribution is -2.50. The number of amides is 1. The molecule has 0 aromatic heterocycles. The van der Waals surface area contributed by atoms with Crippen LogP contribution in [-0.4, -0.2) is 37.0 Å². The first kappa shape index (κ1) is 13.9. The van der Waals surface area contributed by atoms with Crippen molar-refractivity contribution in [3.63, 3.8) is 0 Å². The van der Waals surface area contributed by atoms with Crippen molar-refractivity contribution in [3.8, 4) is 0 Å². The van der Waals surface area contributed by atoms with E-state index in [1.165, 1.54) is 11.3 Å². The fourth-order valence-electron chi connectivity index (χ4n) is 2.63. The van der Waals surface area contributed by atoms with Crippen molar-refractivity contribution in [1.82, 2.24) is 4.90 Å². The summed E-state index contributed by atoms with van der Waals surface area (Å²) < 4.78 is 0. The third-order valence-corrected chi connectivity index (χ3v) is 3.75. The molecule has 3 nitrogen and oxygen atoms in total. The summed E-state index contributed by atoms with van der Waals surface area (Å²) in [5.41, 5.74) is 2.62. The third-order valence-electron chi connectivity index (χ3n) is 3.75. The summed E-state index contributed by atoms with van der Waals surface area (Å²) in [5.74, 6) is 0.234. The Morgan fingerprint density at radius 2 is 1.84 bits per heavy atom. The van der Waals surface area contributed by atoms with Crippen LogP contribution < -0.4 is 4.90 Å². The van der Waals surface area contributed by atoms with E-state index < -0.39 is 0 Å². The zero-order chi connectivity index (χ0) is 14.0. The summed E-state index contributed by atoms with van der Waals surface area (Å²) in [4.78, 5) is 16.2. The van der Waals surface area contributed by atoms with Crippen LogP contribution in [0.4, 0.5) is 5.69 Å². The van der Waals surface area contributed by atoms with Gasteiger partial charge in [-0.15, -0.1) is 0 Å². The Morgan fingerprint density at radius 1 is 1.16 bits per heavy atom. The molecule has 1 saturated heterocycles. The van der Waals surface area contributed by atoms with Gasteiger partial charge in [-0.25, -0.2) is 0 Å². The summed E-state index contributed by atoms with van der Waals surface area (Å²) in [6.07, 6.45) is 0. The van der Waals surface area contributed by atoms with Crippen LogP contribution in [0.25, 0.3) is 0 Å². The maximum atomic E-state index is 12.1. The molecule has 2 rings (SSSR count). The molecule has 0 bridgehead atoms. The number of hydrogen-bond acceptors (Lipinski definition) is 2. The van der Waals surface area contributed by atoms with Gasteiger partial charge in [0.2, 0.25) is 5.91 Å². The molecule has 0 unspecified atom stereocenters. The Kier molecular flexibility index (Phi) is 3.83. The van der Waals surface area contributed by atoms with Crippen molar-refractivity contribution < 1.29 is 4.79 Å². The first-order valence-electron chi connectivity index (χ1n) is 7.05. The Labute approximate surface area is 116 Å². The average Bonchev–Trinajstić information content (AvgIpc) is 2.37. The zero-order valence-corrected chi connectivity index (χ0v) is 12.4. The van der Waals surface area contributed by atoms with E-state index in [4.69, 9.17) is 0 Å². The van der Waals surface area contributed by atoms with Crippen LogP contribution in [0.1, 0.15) is 33.3 Å². The number of likely N-dealkylation sites (N-methyl/N-ethyl adjacent to an activating group) is 1. The van der Waals surface area contributed by atoms with Gasteiger partial charge >= 0.3 is 0 Å². The molecule has 0 spiro atoms. The van der Waals surface area contributed by atoms with E-state index in [1.54, 1.807) is 0 Å². The fraction of sp³-hybridized carbons (Fsp3) is 0.562. The zero-order valence-electron chi connectivity index (χ0n) is 12.4. The molecule has 0 atom stereocenters. The number of piperazine rings is 1. The average molecular weight is 260 g/mol. The van der Waals surface area contributed by atoms with Gasteiger partial charge in [-0.2, -0.15) is 0 Å². The number of carbonyl (C=O) groups excluding carboxylic acids is 1. The standard InChI is InChI=1S/C16H24N2O/c1-5-17-10-11-18(12-15(17)19)14-9-7-6-8-13(14)16(2,3)4/h6-9H,5,10-12H2,1-4H3. The van der Waals surface area contributed by atoms with Crippen molar-refractivity contribution in [2.24, 2.45) is 0 Å². The highest BCUT2D eigenvalue weighted by molar-refractivity contribution is 5.83. The van der Waals surface area contributed by atoms with E-state index in [0.29, 0.717) is 6.54 Å². The second-order valence-electron chi connectivity index (χ2n) is 6.16. The molecular weight excluding hydrogens is 236 g/mol. The molecule has 0 radical (unpaired) electrons. The number of benzene rings is 1. The molecule has 0 N–H and O–H groups in total. The molecule has 0 aliphatic carbocycles. The maximum Gasteiger partial charge on any atom is 0.242 e. The van der Waals surface area contributed by atoms with E-state index >= 15 is 0 Å². The predicted octanol–water partition coefficient (Wildman–Crippen LogP) is 2.65. The number of anilines is 1. The molecule has 1 aromatic rings. The number of hydrogen-bond donors (Lipinski definition) is 0. The first-order valence-corrected chi connectivity index (χ1v) is 7.05. The Bertz CT molecular complexity index is 462. The molecule has 0 saturated carbocycles. The van der Waals surface area contributed by atoms with Gasteiger partial charge < -0.3 is 9.80 Å². The highest BCUT2D eigenvalue weighted by Gasteiger charge is 2.26. The molecular formula is C16H24N2O. The van der Waals surface area contributed by atoms with Gasteiger partial charge in [-0.05, 0) is 24.0 Å². The Hall–Kier alpha value is -1.51. The Morgan fingerprint density at radius 3 is 2.42 bits per heavy atom. The van der Waals surface area contributed by atoms with E-state index in [0.717, 1.165) is 19.6 Å². The lowest BCUT2D eigenvalue weighted by molar-refractivity contribution is -0.130. The third kappa shape index (κ3) is 2.91. The fourth-order valence-corrected chi connectivity index (χ4v) is 2.63. The maximum absolute atomic E-state index is 12.1. The van der Waals surface area contributed by atoms with Gasteiger partial charge in [-0.3, -0.25) is 4.79 Å². The molecule has 1 fully saturated rings. The molecule has 1 amide bonds. The highest BCUT2D eigenvalue weighted by atomic mass is 16.2. The molecule has 1 aromatic carbocycles. The van der Waals surface area contributed by atoms with Gasteiger partial charge in [0.15, 0.2) is 0 Å². The monoisotopic (exact) mass is 260 g/mol. The Balaban J connectivity index is 2.27. The van der Waals surface area contributed by atoms with Crippen LogP contribution in [0.3, 0.4) is 0 Å². The molecule has 1 aliphatic heterocycles. The van der Waals surface area contributed by atoms with Crippen molar-refractivity contribution in [3.05, 3.63) is 29.8 Å². The molecule has 19 heavy (non-hydrogen) atoms. The van der Waals surface area contributed by atoms with E-state index in [1.807, 2.05) is 11.8 Å². The smallest absolute Gasteiger partial charge is 0.242 e. The van der Waals surface area contributed by atoms with E-state index in [-0.39, 0.29) is 11.3 Å². The second-order valence-corrected chi connectivity index (χ2v) is 6.16. The second kappa shape index (κ2) is 5.24. The molecule has 1 heterocycles. The first-order chi connectivity index (χ1) is 8.93. The van der Waals surface area contributed by atoms with E-state index in [2.05, 4.69) is 49.9 Å². The SMILES string of the molecule is CCN1CCN(c2ccccc2C(C)(C)C)CC1=O. The number of nitrogens with zero attached hydrogens (tertiary/aromatic N) is 2. The van der Waals surface area contributed by atoms with Gasteiger partial charge in [0.05, 0.1) is 6.54 Å². The van der Waals surface area contributed by atoms with Crippen LogP contribution in [-0.2, 0) is 10.2 Å².